The Kier molecular flexibility index (Phi) is 7.58. The van der Waals surface area contributed by atoms with Crippen LogP contribution in [0.2, 0.25) is 0 Å². The number of hydrogen-bond donors (Lipinski definition) is 0. The van der Waals surface area contributed by atoms with Gasteiger partial charge in [0.25, 0.3) is 0 Å². The molecule has 166 valence electrons. The van der Waals surface area contributed by atoms with Gasteiger partial charge in [-0.3, -0.25) is 0 Å². The Labute approximate surface area is 186 Å². The molecular weight excluding hydrogens is 439 g/mol. The van der Waals surface area contributed by atoms with Gasteiger partial charge in [-0.15, -0.1) is 0 Å². The first-order valence-electron chi connectivity index (χ1n) is 9.76. The van der Waals surface area contributed by atoms with E-state index < -0.39 is 10.0 Å². The summed E-state index contributed by atoms with van der Waals surface area (Å²) in [7, 11) is -0.503. The maximum Gasteiger partial charge on any atom is 0.242 e. The van der Waals surface area contributed by atoms with E-state index in [4.69, 9.17) is 4.74 Å². The second kappa shape index (κ2) is 10.2. The van der Waals surface area contributed by atoms with Crippen molar-refractivity contribution in [3.05, 3.63) is 65.7 Å². The van der Waals surface area contributed by atoms with Gasteiger partial charge in [-0.1, -0.05) is 12.1 Å². The summed E-state index contributed by atoms with van der Waals surface area (Å²) in [6.45, 7) is 3.43. The van der Waals surface area contributed by atoms with Crippen molar-refractivity contribution in [2.24, 2.45) is 0 Å². The van der Waals surface area contributed by atoms with Gasteiger partial charge in [-0.2, -0.15) is 8.68 Å². The number of methoxy groups -OCH3 is 1. The molecule has 0 radical (unpaired) electrons. The lowest BCUT2D eigenvalue weighted by molar-refractivity contribution is 0.414. The Hall–Kier alpha value is -2.56. The number of hydrogen-bond acceptors (Lipinski definition) is 7. The molecule has 3 aromatic rings. The molecule has 0 aliphatic heterocycles. The van der Waals surface area contributed by atoms with Crippen LogP contribution in [0.1, 0.15) is 18.3 Å². The number of aromatic nitrogens is 2. The Morgan fingerprint density at radius 2 is 1.74 bits per heavy atom. The molecule has 3 rings (SSSR count). The van der Waals surface area contributed by atoms with Gasteiger partial charge < -0.3 is 9.64 Å². The molecule has 0 N–H and O–H groups in total. The van der Waals surface area contributed by atoms with E-state index in [0.29, 0.717) is 37.6 Å². The monoisotopic (exact) mass is 464 g/mol. The highest BCUT2D eigenvalue weighted by molar-refractivity contribution is 7.89. The van der Waals surface area contributed by atoms with E-state index in [1.54, 1.807) is 31.3 Å². The Balaban J connectivity index is 1.62. The fourth-order valence-corrected chi connectivity index (χ4v) is 4.86. The zero-order valence-electron chi connectivity index (χ0n) is 17.7. The van der Waals surface area contributed by atoms with Crippen molar-refractivity contribution in [1.29, 1.82) is 0 Å². The fraction of sp³-hybridized carbons (Fsp3) is 0.333. The SMILES string of the molecule is CCN(CCN(C)S(=O)(=O)c1ccc(OC)cc1)c1nc(Cc2ccc(F)cc2)ns1. The third kappa shape index (κ3) is 5.78. The van der Waals surface area contributed by atoms with Crippen LogP contribution in [-0.2, 0) is 16.4 Å². The molecule has 0 saturated carbocycles. The first-order valence-corrected chi connectivity index (χ1v) is 12.0. The van der Waals surface area contributed by atoms with Crippen LogP contribution >= 0.6 is 11.5 Å². The Bertz CT molecular complexity index is 1090. The molecule has 0 aliphatic rings. The van der Waals surface area contributed by atoms with Crippen molar-refractivity contribution in [1.82, 2.24) is 13.7 Å². The maximum absolute atomic E-state index is 13.1. The number of rotatable bonds is 10. The van der Waals surface area contributed by atoms with Crippen LogP contribution < -0.4 is 9.64 Å². The van der Waals surface area contributed by atoms with E-state index in [-0.39, 0.29) is 10.7 Å². The van der Waals surface area contributed by atoms with Gasteiger partial charge in [0.15, 0.2) is 0 Å². The van der Waals surface area contributed by atoms with Gasteiger partial charge in [-0.05, 0) is 48.9 Å². The molecule has 0 aliphatic carbocycles. The van der Waals surface area contributed by atoms with Gasteiger partial charge in [0.1, 0.15) is 17.4 Å². The number of sulfonamides is 1. The minimum Gasteiger partial charge on any atom is -0.497 e. The van der Waals surface area contributed by atoms with Crippen molar-refractivity contribution in [2.75, 3.05) is 38.7 Å². The Morgan fingerprint density at radius 1 is 1.06 bits per heavy atom. The van der Waals surface area contributed by atoms with Gasteiger partial charge in [0.2, 0.25) is 15.2 Å². The fourth-order valence-electron chi connectivity index (χ4n) is 2.93. The first-order chi connectivity index (χ1) is 14.8. The molecule has 2 aromatic carbocycles. The quantitative estimate of drug-likeness (QED) is 0.458. The summed E-state index contributed by atoms with van der Waals surface area (Å²) in [5, 5.41) is 0.731. The molecule has 0 fully saturated rings. The molecule has 0 spiro atoms. The minimum atomic E-state index is -3.60. The average molecular weight is 465 g/mol. The van der Waals surface area contributed by atoms with Crippen molar-refractivity contribution in [3.63, 3.8) is 0 Å². The first kappa shape index (κ1) is 23.1. The smallest absolute Gasteiger partial charge is 0.242 e. The lowest BCUT2D eigenvalue weighted by Gasteiger charge is -2.23. The van der Waals surface area contributed by atoms with Crippen LogP contribution in [0.3, 0.4) is 0 Å². The van der Waals surface area contributed by atoms with E-state index >= 15 is 0 Å². The van der Waals surface area contributed by atoms with Crippen LogP contribution in [0.25, 0.3) is 0 Å². The summed E-state index contributed by atoms with van der Waals surface area (Å²) >= 11 is 1.27. The molecule has 0 bridgehead atoms. The number of ether oxygens (including phenoxy) is 1. The number of anilines is 1. The van der Waals surface area contributed by atoms with Crippen LogP contribution in [0, 0.1) is 5.82 Å². The second-order valence-corrected chi connectivity index (χ2v) is 9.65. The molecule has 0 atom stereocenters. The minimum absolute atomic E-state index is 0.219. The summed E-state index contributed by atoms with van der Waals surface area (Å²) in [5.74, 6) is 0.984. The molecule has 31 heavy (non-hydrogen) atoms. The molecule has 7 nitrogen and oxygen atoms in total. The molecule has 0 saturated heterocycles. The lowest BCUT2D eigenvalue weighted by atomic mass is 10.1. The lowest BCUT2D eigenvalue weighted by Crippen LogP contribution is -2.36. The van der Waals surface area contributed by atoms with Crippen molar-refractivity contribution in [2.45, 2.75) is 18.2 Å². The molecule has 0 amide bonds. The van der Waals surface area contributed by atoms with Crippen molar-refractivity contribution >= 4 is 26.7 Å². The summed E-state index contributed by atoms with van der Waals surface area (Å²) in [6, 6.07) is 12.6. The van der Waals surface area contributed by atoms with E-state index in [2.05, 4.69) is 9.36 Å². The van der Waals surface area contributed by atoms with Crippen LogP contribution in [0.4, 0.5) is 9.52 Å². The van der Waals surface area contributed by atoms with Crippen LogP contribution in [0.15, 0.2) is 53.4 Å². The summed E-state index contributed by atoms with van der Waals surface area (Å²) in [4.78, 5) is 6.79. The normalized spacial score (nSPS) is 11.6. The summed E-state index contributed by atoms with van der Waals surface area (Å²) in [6.07, 6.45) is 0.514. The highest BCUT2D eigenvalue weighted by Crippen LogP contribution is 2.21. The maximum atomic E-state index is 13.1. The van der Waals surface area contributed by atoms with E-state index in [1.807, 2.05) is 11.8 Å². The van der Waals surface area contributed by atoms with Crippen LogP contribution in [0.5, 0.6) is 5.75 Å². The highest BCUT2D eigenvalue weighted by Gasteiger charge is 2.22. The summed E-state index contributed by atoms with van der Waals surface area (Å²) < 4.78 is 49.5. The average Bonchev–Trinajstić information content (AvgIpc) is 3.24. The highest BCUT2D eigenvalue weighted by atomic mass is 32.2. The standard InChI is InChI=1S/C21H25FN4O3S2/c1-4-26(21-23-20(24-30-21)15-16-5-7-17(22)8-6-16)14-13-25(2)31(27,28)19-11-9-18(29-3)10-12-19/h5-12H,4,13-15H2,1-3H3. The van der Waals surface area contributed by atoms with E-state index in [1.165, 1.54) is 47.2 Å². The third-order valence-electron chi connectivity index (χ3n) is 4.84. The summed E-state index contributed by atoms with van der Waals surface area (Å²) in [5.41, 5.74) is 0.930. The van der Waals surface area contributed by atoms with Gasteiger partial charge in [0, 0.05) is 44.6 Å². The molecule has 1 aromatic heterocycles. The van der Waals surface area contributed by atoms with Crippen LogP contribution in [-0.4, -0.2) is 55.9 Å². The topological polar surface area (TPSA) is 75.6 Å². The number of likely N-dealkylation sites (N-methyl/N-ethyl adjacent to an activating group) is 2. The van der Waals surface area contributed by atoms with Gasteiger partial charge >= 0.3 is 0 Å². The van der Waals surface area contributed by atoms with Gasteiger partial charge in [-0.25, -0.2) is 17.8 Å². The zero-order valence-corrected chi connectivity index (χ0v) is 19.3. The molecular formula is C21H25FN4O3S2. The molecule has 1 heterocycles. The Morgan fingerprint density at radius 3 is 2.35 bits per heavy atom. The number of benzene rings is 2. The second-order valence-electron chi connectivity index (χ2n) is 6.88. The predicted molar refractivity (Wildman–Crippen MR) is 120 cm³/mol. The number of halogens is 1. The molecule has 0 unspecified atom stereocenters. The van der Waals surface area contributed by atoms with Gasteiger partial charge in [0.05, 0.1) is 12.0 Å². The zero-order chi connectivity index (χ0) is 22.4. The van der Waals surface area contributed by atoms with E-state index in [0.717, 1.165) is 10.7 Å². The van der Waals surface area contributed by atoms with Crippen molar-refractivity contribution in [3.8, 4) is 5.75 Å². The largest absolute Gasteiger partial charge is 0.497 e. The number of nitrogens with zero attached hydrogens (tertiary/aromatic N) is 4. The molecule has 10 heteroatoms. The van der Waals surface area contributed by atoms with E-state index in [9.17, 15) is 12.8 Å². The third-order valence-corrected chi connectivity index (χ3v) is 7.52. The predicted octanol–water partition coefficient (Wildman–Crippen LogP) is 3.42. The van der Waals surface area contributed by atoms with Crippen molar-refractivity contribution < 1.29 is 17.5 Å².